The maximum Gasteiger partial charge on any atom is 0.337 e. The number of aromatic carboxylic acids is 1. The maximum atomic E-state index is 13.1. The van der Waals surface area contributed by atoms with Gasteiger partial charge in [-0.25, -0.2) is 9.78 Å². The quantitative estimate of drug-likeness (QED) is 0.604. The normalized spacial score (nSPS) is 12.7. The fourth-order valence-corrected chi connectivity index (χ4v) is 5.90. The number of amides is 1. The summed E-state index contributed by atoms with van der Waals surface area (Å²) in [4.78, 5) is 43.2. The summed E-state index contributed by atoms with van der Waals surface area (Å²) in [6.07, 6.45) is 3.95. The fraction of sp³-hybridized carbons (Fsp3) is 0.350. The highest BCUT2D eigenvalue weighted by Gasteiger charge is 2.24. The number of aryl methyl sites for hydroxylation is 2. The van der Waals surface area contributed by atoms with Gasteiger partial charge < -0.3 is 10.4 Å². The van der Waals surface area contributed by atoms with Gasteiger partial charge in [0, 0.05) is 16.7 Å². The molecule has 8 nitrogen and oxygen atoms in total. The van der Waals surface area contributed by atoms with E-state index in [4.69, 9.17) is 0 Å². The molecule has 154 valence electrons. The van der Waals surface area contributed by atoms with Crippen molar-refractivity contribution in [3.05, 3.63) is 43.1 Å². The van der Waals surface area contributed by atoms with Crippen LogP contribution >= 0.6 is 22.7 Å². The van der Waals surface area contributed by atoms with Crippen LogP contribution in [0.15, 0.2) is 10.2 Å². The molecule has 10 heteroatoms. The molecule has 0 spiro atoms. The Kier molecular flexibility index (Phi) is 5.40. The van der Waals surface area contributed by atoms with E-state index in [0.29, 0.717) is 34.1 Å². The molecule has 1 amide bonds. The summed E-state index contributed by atoms with van der Waals surface area (Å²) >= 11 is 2.51. The number of nitrogens with zero attached hydrogens (tertiary/aromatic N) is 3. The molecule has 0 unspecified atom stereocenters. The molecule has 0 atom stereocenters. The van der Waals surface area contributed by atoms with E-state index in [1.165, 1.54) is 21.3 Å². The minimum Gasteiger partial charge on any atom is -0.478 e. The molecule has 0 radical (unpaired) electrons. The molecule has 3 heterocycles. The summed E-state index contributed by atoms with van der Waals surface area (Å²) in [6, 6.07) is 2.18. The number of hydrogen-bond donors (Lipinski definition) is 2. The lowest BCUT2D eigenvalue weighted by atomic mass is 10.1. The Hall–Kier alpha value is -3.03. The zero-order chi connectivity index (χ0) is 21.4. The van der Waals surface area contributed by atoms with Gasteiger partial charge in [0.15, 0.2) is 0 Å². The number of carboxylic acid groups (broad SMARTS) is 1. The van der Waals surface area contributed by atoms with Gasteiger partial charge >= 0.3 is 5.97 Å². The number of carbonyl (C=O) groups excluding carboxylic acids is 1. The highest BCUT2D eigenvalue weighted by Crippen LogP contribution is 2.38. The van der Waals surface area contributed by atoms with Crippen LogP contribution in [0, 0.1) is 11.3 Å². The van der Waals surface area contributed by atoms with Crippen LogP contribution < -0.4 is 10.9 Å². The van der Waals surface area contributed by atoms with Crippen LogP contribution in [0.3, 0.4) is 0 Å². The number of fused-ring (bicyclic) bond motifs is 2. The summed E-state index contributed by atoms with van der Waals surface area (Å²) in [5.74, 6) is -1.21. The van der Waals surface area contributed by atoms with Crippen LogP contribution in [0.25, 0.3) is 10.2 Å². The van der Waals surface area contributed by atoms with Crippen molar-refractivity contribution in [2.45, 2.75) is 45.6 Å². The number of hydrogen-bond acceptors (Lipinski definition) is 7. The van der Waals surface area contributed by atoms with Gasteiger partial charge in [-0.3, -0.25) is 14.2 Å². The van der Waals surface area contributed by atoms with Crippen LogP contribution in [0.2, 0.25) is 0 Å². The summed E-state index contributed by atoms with van der Waals surface area (Å²) in [7, 11) is 0. The number of anilines is 1. The molecule has 3 aromatic rings. The van der Waals surface area contributed by atoms with Gasteiger partial charge in [-0.1, -0.05) is 6.92 Å². The second-order valence-electron chi connectivity index (χ2n) is 7.03. The van der Waals surface area contributed by atoms with Crippen molar-refractivity contribution in [2.75, 3.05) is 5.32 Å². The predicted molar refractivity (Wildman–Crippen MR) is 115 cm³/mol. The van der Waals surface area contributed by atoms with Crippen LogP contribution in [0.4, 0.5) is 5.00 Å². The molecule has 2 N–H and O–H groups in total. The molecule has 0 aliphatic heterocycles. The Morgan fingerprint density at radius 1 is 1.40 bits per heavy atom. The summed E-state index contributed by atoms with van der Waals surface area (Å²) < 4.78 is 1.24. The highest BCUT2D eigenvalue weighted by molar-refractivity contribution is 7.17. The number of rotatable bonds is 6. The Morgan fingerprint density at radius 3 is 2.90 bits per heavy atom. The van der Waals surface area contributed by atoms with Gasteiger partial charge in [0.2, 0.25) is 5.91 Å². The first-order valence-corrected chi connectivity index (χ1v) is 11.2. The van der Waals surface area contributed by atoms with Crippen molar-refractivity contribution in [2.24, 2.45) is 0 Å². The lowest BCUT2D eigenvalue weighted by Gasteiger charge is -2.12. The number of carbonyl (C=O) groups is 2. The van der Waals surface area contributed by atoms with E-state index in [-0.39, 0.29) is 17.5 Å². The second-order valence-corrected chi connectivity index (χ2v) is 8.99. The zero-order valence-electron chi connectivity index (χ0n) is 16.2. The zero-order valence-corrected chi connectivity index (χ0v) is 17.8. The predicted octanol–water partition coefficient (Wildman–Crippen LogP) is 3.17. The minimum atomic E-state index is -1.20. The van der Waals surface area contributed by atoms with E-state index < -0.39 is 17.4 Å². The molecule has 1 aliphatic rings. The monoisotopic (exact) mass is 442 g/mol. The topological polar surface area (TPSA) is 125 Å². The second kappa shape index (κ2) is 8.01. The third kappa shape index (κ3) is 3.40. The van der Waals surface area contributed by atoms with E-state index in [1.54, 1.807) is 0 Å². The molecule has 0 saturated carbocycles. The molecule has 1 aliphatic carbocycles. The highest BCUT2D eigenvalue weighted by atomic mass is 32.1. The average Bonchev–Trinajstić information content (AvgIpc) is 3.39. The first-order valence-electron chi connectivity index (χ1n) is 9.53. The average molecular weight is 443 g/mol. The van der Waals surface area contributed by atoms with Crippen LogP contribution in [0.5, 0.6) is 0 Å². The molecule has 0 aromatic carbocycles. The van der Waals surface area contributed by atoms with Crippen LogP contribution in [-0.4, -0.2) is 26.5 Å². The van der Waals surface area contributed by atoms with Crippen molar-refractivity contribution in [1.82, 2.24) is 9.55 Å². The third-order valence-electron chi connectivity index (χ3n) is 5.06. The standard InChI is InChI=1S/C20H18N4O4S2/c1-2-4-14-22-18-16(12(9-29-18)20(27)28)19(26)24(14)8-15(25)23-17-11(7-21)10-5-3-6-13(10)30-17/h9H,2-6,8H2,1H3,(H,23,25)(H,27,28). The number of carboxylic acids is 1. The SMILES string of the molecule is CCCc1nc2scc(C(=O)O)c2c(=O)n1CC(=O)Nc1sc2c(c1C#N)CCC2. The first-order chi connectivity index (χ1) is 14.4. The summed E-state index contributed by atoms with van der Waals surface area (Å²) in [5.41, 5.74) is 0.869. The Labute approximate surface area is 179 Å². The van der Waals surface area contributed by atoms with Gasteiger partial charge in [-0.05, 0) is 31.2 Å². The van der Waals surface area contributed by atoms with Crippen molar-refractivity contribution in [3.63, 3.8) is 0 Å². The van der Waals surface area contributed by atoms with E-state index >= 15 is 0 Å². The Balaban J connectivity index is 1.70. The third-order valence-corrected chi connectivity index (χ3v) is 7.14. The van der Waals surface area contributed by atoms with Crippen molar-refractivity contribution in [3.8, 4) is 6.07 Å². The van der Waals surface area contributed by atoms with Gasteiger partial charge in [0.25, 0.3) is 5.56 Å². The molecule has 30 heavy (non-hydrogen) atoms. The van der Waals surface area contributed by atoms with Crippen LogP contribution in [0.1, 0.15) is 52.0 Å². The van der Waals surface area contributed by atoms with E-state index in [1.807, 2.05) is 6.92 Å². The van der Waals surface area contributed by atoms with Crippen LogP contribution in [-0.2, 0) is 30.6 Å². The molecular weight excluding hydrogens is 424 g/mol. The maximum absolute atomic E-state index is 13.1. The summed E-state index contributed by atoms with van der Waals surface area (Å²) in [6.45, 7) is 1.64. The number of nitrogens with one attached hydrogen (secondary N) is 1. The smallest absolute Gasteiger partial charge is 0.337 e. The number of aromatic nitrogens is 2. The van der Waals surface area contributed by atoms with E-state index in [0.717, 1.165) is 41.0 Å². The van der Waals surface area contributed by atoms with E-state index in [9.17, 15) is 24.8 Å². The molecule has 4 rings (SSSR count). The lowest BCUT2D eigenvalue weighted by Crippen LogP contribution is -2.31. The number of thiophene rings is 2. The van der Waals surface area contributed by atoms with Gasteiger partial charge in [0.05, 0.1) is 16.5 Å². The van der Waals surface area contributed by atoms with Gasteiger partial charge in [0.1, 0.15) is 28.3 Å². The molecule has 0 bridgehead atoms. The van der Waals surface area contributed by atoms with Crippen molar-refractivity contribution in [1.29, 1.82) is 5.26 Å². The van der Waals surface area contributed by atoms with E-state index in [2.05, 4.69) is 16.4 Å². The Morgan fingerprint density at radius 2 is 2.20 bits per heavy atom. The van der Waals surface area contributed by atoms with Gasteiger partial charge in [-0.15, -0.1) is 22.7 Å². The first kappa shape index (κ1) is 20.3. The molecular formula is C20H18N4O4S2. The van der Waals surface area contributed by atoms with Crippen molar-refractivity contribution < 1.29 is 14.7 Å². The fourth-order valence-electron chi connectivity index (χ4n) is 3.72. The Bertz CT molecular complexity index is 1280. The largest absolute Gasteiger partial charge is 0.478 e. The number of nitriles is 1. The lowest BCUT2D eigenvalue weighted by molar-refractivity contribution is -0.116. The summed E-state index contributed by atoms with van der Waals surface area (Å²) in [5, 5.41) is 23.6. The van der Waals surface area contributed by atoms with Crippen molar-refractivity contribution >= 4 is 49.8 Å². The molecule has 3 aromatic heterocycles. The molecule has 0 fully saturated rings. The minimum absolute atomic E-state index is 0.0213. The van der Waals surface area contributed by atoms with Gasteiger partial charge in [-0.2, -0.15) is 5.26 Å². The molecule has 0 saturated heterocycles.